The maximum Gasteiger partial charge on any atom is 0.325 e. The third-order valence-electron chi connectivity index (χ3n) is 2.35. The van der Waals surface area contributed by atoms with Gasteiger partial charge in [0.1, 0.15) is 18.0 Å². The first-order valence-electron chi connectivity index (χ1n) is 4.91. The summed E-state index contributed by atoms with van der Waals surface area (Å²) >= 11 is 0. The Bertz CT molecular complexity index is 615. The lowest BCUT2D eigenvalue weighted by Crippen LogP contribution is -2.10. The van der Waals surface area contributed by atoms with E-state index in [1.165, 1.54) is 29.8 Å². The molecule has 17 heavy (non-hydrogen) atoms. The molecule has 0 unspecified atom stereocenters. The van der Waals surface area contributed by atoms with Crippen molar-refractivity contribution in [1.29, 1.82) is 0 Å². The average Bonchev–Trinajstić information content (AvgIpc) is 2.55. The zero-order chi connectivity index (χ0) is 12.6. The molecular weight excluding hydrogens is 224 g/mol. The number of Topliss-reactive ketones (excluding diaryl/α,β-unsaturated/α-hetero) is 1. The fourth-order valence-electron chi connectivity index (χ4n) is 1.68. The van der Waals surface area contributed by atoms with Crippen molar-refractivity contribution < 1.29 is 19.8 Å². The van der Waals surface area contributed by atoms with Crippen LogP contribution in [0.3, 0.4) is 0 Å². The van der Waals surface area contributed by atoms with Crippen LogP contribution in [0.15, 0.2) is 18.2 Å². The van der Waals surface area contributed by atoms with Crippen LogP contribution in [0, 0.1) is 0 Å². The highest BCUT2D eigenvalue weighted by molar-refractivity contribution is 6.05. The monoisotopic (exact) mass is 234 g/mol. The first-order valence-corrected chi connectivity index (χ1v) is 4.91. The van der Waals surface area contributed by atoms with Gasteiger partial charge in [-0.1, -0.05) is 0 Å². The smallest absolute Gasteiger partial charge is 0.325 e. The first-order chi connectivity index (χ1) is 7.99. The van der Waals surface area contributed by atoms with Gasteiger partial charge in [-0.15, -0.1) is 0 Å². The summed E-state index contributed by atoms with van der Waals surface area (Å²) in [5, 5.41) is 22.5. The lowest BCUT2D eigenvalue weighted by molar-refractivity contribution is -0.137. The molecule has 1 heterocycles. The van der Waals surface area contributed by atoms with Gasteiger partial charge in [-0.3, -0.25) is 14.3 Å². The van der Waals surface area contributed by atoms with Crippen molar-refractivity contribution in [3.05, 3.63) is 23.9 Å². The highest BCUT2D eigenvalue weighted by Gasteiger charge is 2.15. The Labute approximate surface area is 96.1 Å². The lowest BCUT2D eigenvalue weighted by atomic mass is 10.1. The topological polar surface area (TPSA) is 92.4 Å². The molecule has 0 radical (unpaired) electrons. The zero-order valence-corrected chi connectivity index (χ0v) is 9.04. The zero-order valence-electron chi connectivity index (χ0n) is 9.04. The SMILES string of the molecule is CC(=O)c1nn(CC(=O)O)c2ccc(O)cc12. The number of hydrogen-bond acceptors (Lipinski definition) is 4. The number of hydrogen-bond donors (Lipinski definition) is 2. The van der Waals surface area contributed by atoms with Crippen LogP contribution in [0.25, 0.3) is 10.9 Å². The maximum absolute atomic E-state index is 11.4. The van der Waals surface area contributed by atoms with Crippen LogP contribution in [0.4, 0.5) is 0 Å². The number of aliphatic carboxylic acids is 1. The minimum absolute atomic E-state index is 0.00914. The largest absolute Gasteiger partial charge is 0.508 e. The highest BCUT2D eigenvalue weighted by Crippen LogP contribution is 2.23. The van der Waals surface area contributed by atoms with Crippen molar-refractivity contribution in [2.45, 2.75) is 13.5 Å². The quantitative estimate of drug-likeness (QED) is 0.774. The van der Waals surface area contributed by atoms with E-state index < -0.39 is 5.97 Å². The minimum Gasteiger partial charge on any atom is -0.508 e. The minimum atomic E-state index is -1.04. The molecule has 2 rings (SSSR count). The van der Waals surface area contributed by atoms with E-state index in [2.05, 4.69) is 5.10 Å². The van der Waals surface area contributed by atoms with Crippen LogP contribution in [0.5, 0.6) is 5.75 Å². The van der Waals surface area contributed by atoms with Gasteiger partial charge in [-0.2, -0.15) is 5.10 Å². The fraction of sp³-hybridized carbons (Fsp3) is 0.182. The Balaban J connectivity index is 2.70. The van der Waals surface area contributed by atoms with Gasteiger partial charge in [0.15, 0.2) is 5.78 Å². The molecule has 0 spiro atoms. The Morgan fingerprint density at radius 1 is 1.41 bits per heavy atom. The number of fused-ring (bicyclic) bond motifs is 1. The molecule has 0 atom stereocenters. The number of carbonyl (C=O) groups is 2. The Morgan fingerprint density at radius 3 is 2.71 bits per heavy atom. The number of carboxylic acids is 1. The molecule has 0 aliphatic rings. The summed E-state index contributed by atoms with van der Waals surface area (Å²) in [6, 6.07) is 4.36. The maximum atomic E-state index is 11.4. The average molecular weight is 234 g/mol. The second-order valence-corrected chi connectivity index (χ2v) is 3.66. The van der Waals surface area contributed by atoms with Gasteiger partial charge in [0.25, 0.3) is 0 Å². The van der Waals surface area contributed by atoms with Crippen molar-refractivity contribution in [3.63, 3.8) is 0 Å². The summed E-state index contributed by atoms with van der Waals surface area (Å²) in [6.45, 7) is 1.02. The van der Waals surface area contributed by atoms with Gasteiger partial charge in [0.2, 0.25) is 0 Å². The van der Waals surface area contributed by atoms with Crippen molar-refractivity contribution in [3.8, 4) is 5.75 Å². The van der Waals surface area contributed by atoms with Crippen molar-refractivity contribution in [2.75, 3.05) is 0 Å². The molecule has 6 heteroatoms. The van der Waals surface area contributed by atoms with Crippen LogP contribution in [-0.2, 0) is 11.3 Å². The number of nitrogens with zero attached hydrogens (tertiary/aromatic N) is 2. The highest BCUT2D eigenvalue weighted by atomic mass is 16.4. The van der Waals surface area contributed by atoms with E-state index in [4.69, 9.17) is 5.11 Å². The number of aromatic nitrogens is 2. The molecule has 0 amide bonds. The molecule has 0 saturated carbocycles. The van der Waals surface area contributed by atoms with E-state index in [1.807, 2.05) is 0 Å². The van der Waals surface area contributed by atoms with E-state index in [0.717, 1.165) is 0 Å². The molecule has 0 saturated heterocycles. The summed E-state index contributed by atoms with van der Waals surface area (Å²) < 4.78 is 1.23. The molecule has 1 aromatic heterocycles. The van der Waals surface area contributed by atoms with Gasteiger partial charge < -0.3 is 10.2 Å². The summed E-state index contributed by atoms with van der Waals surface area (Å²) in [5.41, 5.74) is 0.674. The van der Waals surface area contributed by atoms with Crippen LogP contribution in [-0.4, -0.2) is 31.7 Å². The van der Waals surface area contributed by atoms with Crippen molar-refractivity contribution >= 4 is 22.7 Å². The Morgan fingerprint density at radius 2 is 2.12 bits per heavy atom. The third kappa shape index (κ3) is 1.96. The van der Waals surface area contributed by atoms with Crippen LogP contribution < -0.4 is 0 Å². The van der Waals surface area contributed by atoms with E-state index in [1.54, 1.807) is 0 Å². The van der Waals surface area contributed by atoms with Crippen LogP contribution in [0.2, 0.25) is 0 Å². The summed E-state index contributed by atoms with van der Waals surface area (Å²) in [5.74, 6) is -1.31. The number of carboxylic acid groups (broad SMARTS) is 1. The van der Waals surface area contributed by atoms with E-state index in [9.17, 15) is 14.7 Å². The standard InChI is InChI=1S/C11H10N2O4/c1-6(14)11-8-4-7(15)2-3-9(8)13(12-11)5-10(16)17/h2-4,15H,5H2,1H3,(H,16,17). The molecule has 0 aliphatic heterocycles. The number of rotatable bonds is 3. The number of phenols is 1. The molecule has 2 aromatic rings. The molecule has 0 bridgehead atoms. The van der Waals surface area contributed by atoms with Gasteiger partial charge in [0, 0.05) is 12.3 Å². The predicted octanol–water partition coefficient (Wildman–Crippen LogP) is 1.03. The predicted molar refractivity (Wildman–Crippen MR) is 59.0 cm³/mol. The second-order valence-electron chi connectivity index (χ2n) is 3.66. The van der Waals surface area contributed by atoms with E-state index in [-0.39, 0.29) is 23.8 Å². The number of benzene rings is 1. The molecule has 1 aromatic carbocycles. The first kappa shape index (κ1) is 11.1. The van der Waals surface area contributed by atoms with Gasteiger partial charge in [0.05, 0.1) is 5.52 Å². The summed E-state index contributed by atoms with van der Waals surface area (Å²) in [6.07, 6.45) is 0. The summed E-state index contributed by atoms with van der Waals surface area (Å²) in [7, 11) is 0. The van der Waals surface area contributed by atoms with Crippen molar-refractivity contribution in [2.24, 2.45) is 0 Å². The lowest BCUT2D eigenvalue weighted by Gasteiger charge is -1.98. The van der Waals surface area contributed by atoms with Gasteiger partial charge in [-0.25, -0.2) is 0 Å². The summed E-state index contributed by atoms with van der Waals surface area (Å²) in [4.78, 5) is 22.0. The van der Waals surface area contributed by atoms with Gasteiger partial charge >= 0.3 is 5.97 Å². The Kier molecular flexibility index (Phi) is 2.55. The molecule has 88 valence electrons. The molecule has 0 aliphatic carbocycles. The van der Waals surface area contributed by atoms with E-state index in [0.29, 0.717) is 10.9 Å². The Hall–Kier alpha value is -2.37. The number of ketones is 1. The molecule has 0 fully saturated rings. The van der Waals surface area contributed by atoms with E-state index >= 15 is 0 Å². The molecular formula is C11H10N2O4. The molecule has 2 N–H and O–H groups in total. The van der Waals surface area contributed by atoms with Gasteiger partial charge in [-0.05, 0) is 18.2 Å². The number of phenolic OH excluding ortho intramolecular Hbond substituents is 1. The van der Waals surface area contributed by atoms with Crippen LogP contribution in [0.1, 0.15) is 17.4 Å². The third-order valence-corrected chi connectivity index (χ3v) is 2.35. The number of aromatic hydroxyl groups is 1. The second kappa shape index (κ2) is 3.89. The van der Waals surface area contributed by atoms with Crippen molar-refractivity contribution in [1.82, 2.24) is 9.78 Å². The number of carbonyl (C=O) groups excluding carboxylic acids is 1. The van der Waals surface area contributed by atoms with Crippen LogP contribution >= 0.6 is 0 Å². The molecule has 6 nitrogen and oxygen atoms in total. The fourth-order valence-corrected chi connectivity index (χ4v) is 1.68. The normalized spacial score (nSPS) is 10.6.